The van der Waals surface area contributed by atoms with E-state index < -0.39 is 17.7 Å². The van der Waals surface area contributed by atoms with E-state index in [0.717, 1.165) is 0 Å². The van der Waals surface area contributed by atoms with Crippen LogP contribution in [-0.2, 0) is 4.79 Å². The number of nitrogen functional groups attached to an aromatic ring is 1. The summed E-state index contributed by atoms with van der Waals surface area (Å²) >= 11 is 5.41. The summed E-state index contributed by atoms with van der Waals surface area (Å²) < 4.78 is 0. The average molecular weight is 228 g/mol. The first-order chi connectivity index (χ1) is 7.06. The van der Waals surface area contributed by atoms with Gasteiger partial charge in [0.25, 0.3) is 0 Å². The first-order valence-electron chi connectivity index (χ1n) is 4.24. The van der Waals surface area contributed by atoms with Crippen molar-refractivity contribution in [2.24, 2.45) is 5.92 Å². The largest absolute Gasteiger partial charge is 0.481 e. The van der Waals surface area contributed by atoms with Crippen molar-refractivity contribution in [1.29, 1.82) is 0 Å². The van der Waals surface area contributed by atoms with Gasteiger partial charge in [-0.1, -0.05) is 0 Å². The number of ketones is 1. The van der Waals surface area contributed by atoms with Gasteiger partial charge < -0.3 is 10.8 Å². The highest BCUT2D eigenvalue weighted by molar-refractivity contribution is 6.23. The number of carboxylic acid groups (broad SMARTS) is 1. The van der Waals surface area contributed by atoms with Gasteiger partial charge in [0.2, 0.25) is 0 Å². The molecule has 1 unspecified atom stereocenters. The van der Waals surface area contributed by atoms with Crippen LogP contribution in [0.4, 0.5) is 5.69 Å². The maximum absolute atomic E-state index is 11.6. The second kappa shape index (κ2) is 4.79. The highest BCUT2D eigenvalue weighted by Gasteiger charge is 2.25. The summed E-state index contributed by atoms with van der Waals surface area (Å²) in [6, 6.07) is 6.06. The third kappa shape index (κ3) is 2.70. The summed E-state index contributed by atoms with van der Waals surface area (Å²) in [5.74, 6) is -3.15. The highest BCUT2D eigenvalue weighted by atomic mass is 35.5. The lowest BCUT2D eigenvalue weighted by atomic mass is 9.99. The number of carboxylic acids is 1. The second-order valence-corrected chi connectivity index (χ2v) is 3.34. The van der Waals surface area contributed by atoms with Gasteiger partial charge in [0.05, 0.1) is 0 Å². The number of rotatable bonds is 4. The van der Waals surface area contributed by atoms with E-state index in [1.54, 1.807) is 12.1 Å². The van der Waals surface area contributed by atoms with Crippen LogP contribution in [0.1, 0.15) is 10.4 Å². The number of aliphatic carboxylic acids is 1. The number of alkyl halides is 1. The fraction of sp³-hybridized carbons (Fsp3) is 0.200. The molecular weight excluding hydrogens is 218 g/mol. The summed E-state index contributed by atoms with van der Waals surface area (Å²) in [5, 5.41) is 8.73. The number of carbonyl (C=O) groups is 2. The standard InChI is InChI=1S/C10H10ClNO3/c11-5-8(10(14)15)9(13)6-1-3-7(12)4-2-6/h1-4,8H,5,12H2,(H,14,15). The molecule has 0 saturated heterocycles. The van der Waals surface area contributed by atoms with Crippen LogP contribution in [-0.4, -0.2) is 22.7 Å². The number of hydrogen-bond donors (Lipinski definition) is 2. The van der Waals surface area contributed by atoms with Crippen LogP contribution >= 0.6 is 11.6 Å². The van der Waals surface area contributed by atoms with E-state index in [2.05, 4.69) is 0 Å². The molecule has 3 N–H and O–H groups in total. The third-order valence-electron chi connectivity index (χ3n) is 1.96. The monoisotopic (exact) mass is 227 g/mol. The van der Waals surface area contributed by atoms with Crippen molar-refractivity contribution in [3.63, 3.8) is 0 Å². The Balaban J connectivity index is 2.93. The fourth-order valence-corrected chi connectivity index (χ4v) is 1.37. The molecule has 1 atom stereocenters. The molecule has 4 nitrogen and oxygen atoms in total. The van der Waals surface area contributed by atoms with Crippen LogP contribution in [0.15, 0.2) is 24.3 Å². The number of carbonyl (C=O) groups excluding carboxylic acids is 1. The summed E-state index contributed by atoms with van der Waals surface area (Å²) in [7, 11) is 0. The summed E-state index contributed by atoms with van der Waals surface area (Å²) in [6.07, 6.45) is 0. The Bertz CT molecular complexity index is 375. The number of anilines is 1. The topological polar surface area (TPSA) is 80.4 Å². The molecule has 0 heterocycles. The molecule has 0 aliphatic heterocycles. The molecular formula is C10H10ClNO3. The molecule has 1 aromatic carbocycles. The molecule has 80 valence electrons. The number of Topliss-reactive ketones (excluding diaryl/α,β-unsaturated/α-hetero) is 1. The van der Waals surface area contributed by atoms with Gasteiger partial charge in [-0.05, 0) is 24.3 Å². The molecule has 0 radical (unpaired) electrons. The minimum absolute atomic E-state index is 0.238. The van der Waals surface area contributed by atoms with Crippen molar-refractivity contribution >= 4 is 29.0 Å². The van der Waals surface area contributed by atoms with E-state index in [-0.39, 0.29) is 5.88 Å². The molecule has 0 bridgehead atoms. The lowest BCUT2D eigenvalue weighted by Gasteiger charge is -2.07. The Morgan fingerprint density at radius 1 is 1.33 bits per heavy atom. The molecule has 1 rings (SSSR count). The van der Waals surface area contributed by atoms with Crippen molar-refractivity contribution in [1.82, 2.24) is 0 Å². The third-order valence-corrected chi connectivity index (χ3v) is 2.27. The van der Waals surface area contributed by atoms with E-state index >= 15 is 0 Å². The van der Waals surface area contributed by atoms with Crippen LogP contribution in [0.3, 0.4) is 0 Å². The maximum Gasteiger partial charge on any atom is 0.315 e. The van der Waals surface area contributed by atoms with Crippen molar-refractivity contribution in [3.8, 4) is 0 Å². The molecule has 0 saturated carbocycles. The van der Waals surface area contributed by atoms with Crippen LogP contribution in [0.5, 0.6) is 0 Å². The van der Waals surface area contributed by atoms with E-state index in [9.17, 15) is 9.59 Å². The quantitative estimate of drug-likeness (QED) is 0.353. The van der Waals surface area contributed by atoms with Crippen LogP contribution in [0.2, 0.25) is 0 Å². The summed E-state index contributed by atoms with van der Waals surface area (Å²) in [4.78, 5) is 22.3. The molecule has 0 spiro atoms. The minimum atomic E-state index is -1.22. The number of benzene rings is 1. The summed E-state index contributed by atoms with van der Waals surface area (Å²) in [6.45, 7) is 0. The molecule has 0 aliphatic rings. The van der Waals surface area contributed by atoms with Gasteiger partial charge in [0, 0.05) is 17.1 Å². The smallest absolute Gasteiger partial charge is 0.315 e. The van der Waals surface area contributed by atoms with Gasteiger partial charge in [-0.25, -0.2) is 0 Å². The number of nitrogens with two attached hydrogens (primary N) is 1. The SMILES string of the molecule is Nc1ccc(C(=O)C(CCl)C(=O)O)cc1. The molecule has 15 heavy (non-hydrogen) atoms. The Morgan fingerprint density at radius 2 is 1.87 bits per heavy atom. The van der Waals surface area contributed by atoms with Gasteiger partial charge in [-0.15, -0.1) is 11.6 Å². The highest BCUT2D eigenvalue weighted by Crippen LogP contribution is 2.13. The van der Waals surface area contributed by atoms with Crippen LogP contribution in [0, 0.1) is 5.92 Å². The van der Waals surface area contributed by atoms with Crippen molar-refractivity contribution in [2.75, 3.05) is 11.6 Å². The Morgan fingerprint density at radius 3 is 2.27 bits per heavy atom. The summed E-state index contributed by atoms with van der Waals surface area (Å²) in [5.41, 5.74) is 6.26. The van der Waals surface area contributed by atoms with Gasteiger partial charge in [-0.3, -0.25) is 9.59 Å². The Labute approximate surface area is 91.7 Å². The minimum Gasteiger partial charge on any atom is -0.481 e. The lowest BCUT2D eigenvalue weighted by Crippen LogP contribution is -2.25. The molecule has 0 aliphatic carbocycles. The predicted molar refractivity (Wildman–Crippen MR) is 57.0 cm³/mol. The molecule has 5 heteroatoms. The molecule has 0 fully saturated rings. The van der Waals surface area contributed by atoms with E-state index in [1.165, 1.54) is 12.1 Å². The van der Waals surface area contributed by atoms with Crippen molar-refractivity contribution < 1.29 is 14.7 Å². The normalized spacial score (nSPS) is 12.1. The molecule has 0 aromatic heterocycles. The van der Waals surface area contributed by atoms with Crippen molar-refractivity contribution in [2.45, 2.75) is 0 Å². The van der Waals surface area contributed by atoms with Gasteiger partial charge in [0.15, 0.2) is 5.78 Å². The van der Waals surface area contributed by atoms with Gasteiger partial charge in [-0.2, -0.15) is 0 Å². The predicted octanol–water partition coefficient (Wildman–Crippen LogP) is 1.39. The zero-order valence-corrected chi connectivity index (χ0v) is 8.57. The fourth-order valence-electron chi connectivity index (χ4n) is 1.10. The van der Waals surface area contributed by atoms with Crippen molar-refractivity contribution in [3.05, 3.63) is 29.8 Å². The van der Waals surface area contributed by atoms with E-state index in [4.69, 9.17) is 22.4 Å². The van der Waals surface area contributed by atoms with E-state index in [0.29, 0.717) is 11.3 Å². The Hall–Kier alpha value is -1.55. The molecule has 1 aromatic rings. The average Bonchev–Trinajstić information content (AvgIpc) is 2.19. The van der Waals surface area contributed by atoms with E-state index in [1.807, 2.05) is 0 Å². The Kier molecular flexibility index (Phi) is 3.68. The first kappa shape index (κ1) is 11.5. The second-order valence-electron chi connectivity index (χ2n) is 3.03. The zero-order valence-electron chi connectivity index (χ0n) is 7.81. The first-order valence-corrected chi connectivity index (χ1v) is 4.78. The van der Waals surface area contributed by atoms with Gasteiger partial charge >= 0.3 is 5.97 Å². The number of hydrogen-bond acceptors (Lipinski definition) is 3. The maximum atomic E-state index is 11.6. The zero-order chi connectivity index (χ0) is 11.4. The van der Waals surface area contributed by atoms with Gasteiger partial charge in [0.1, 0.15) is 5.92 Å². The number of halogens is 1. The molecule has 0 amide bonds. The van der Waals surface area contributed by atoms with Crippen LogP contribution in [0.25, 0.3) is 0 Å². The van der Waals surface area contributed by atoms with Crippen LogP contribution < -0.4 is 5.73 Å². The lowest BCUT2D eigenvalue weighted by molar-refractivity contribution is -0.139.